The molecule has 0 rings (SSSR count). The third-order valence-electron chi connectivity index (χ3n) is 0.698. The number of hydrogen-bond acceptors (Lipinski definition) is 6. The fourth-order valence-electron chi connectivity index (χ4n) is 0.312. The minimum atomic E-state index is -5.33. The van der Waals surface area contributed by atoms with Gasteiger partial charge in [-0.25, -0.2) is 4.79 Å². The van der Waals surface area contributed by atoms with E-state index in [2.05, 4.69) is 4.52 Å². The molecule has 0 radical (unpaired) electrons. The summed E-state index contributed by atoms with van der Waals surface area (Å²) in [5.41, 5.74) is 0. The summed E-state index contributed by atoms with van der Waals surface area (Å²) in [6.07, 6.45) is -2.00. The van der Waals surface area contributed by atoms with Gasteiger partial charge in [0.2, 0.25) is 0 Å². The van der Waals surface area contributed by atoms with Crippen molar-refractivity contribution in [2.45, 2.75) is 6.10 Å². The molecule has 0 aliphatic heterocycles. The quantitative estimate of drug-likeness (QED) is 0.414. The maximum absolute atomic E-state index is 9.92. The van der Waals surface area contributed by atoms with E-state index >= 15 is 0 Å². The Hall–Kier alpha value is 1.11. The van der Waals surface area contributed by atoms with Crippen LogP contribution in [0.5, 0.6) is 0 Å². The Labute approximate surface area is 108 Å². The van der Waals surface area contributed by atoms with Gasteiger partial charge in [-0.3, -0.25) is 0 Å². The zero-order chi connectivity index (χ0) is 9.07. The smallest absolute Gasteiger partial charge is 0.790 e. The first-order valence-corrected chi connectivity index (χ1v) is 3.87. The fourth-order valence-corrected chi connectivity index (χ4v) is 0.781. The fraction of sp³-hybridized carbons (Fsp3) is 0.667. The number of carboxylic acids is 1. The summed E-state index contributed by atoms with van der Waals surface area (Å²) in [5, 5.41) is 16.2. The molecule has 0 aromatic heterocycles. The molecule has 2 N–H and O–H groups in total. The van der Waals surface area contributed by atoms with Gasteiger partial charge in [0, 0.05) is 0 Å². The Balaban J connectivity index is 0. The molecule has 0 saturated heterocycles. The number of carbonyl (C=O) groups is 1. The zero-order valence-corrected chi connectivity index (χ0v) is 11.2. The number of aliphatic hydroxyl groups excluding tert-OH is 1. The Morgan fingerprint density at radius 2 is 2.00 bits per heavy atom. The van der Waals surface area contributed by atoms with Gasteiger partial charge in [0.25, 0.3) is 0 Å². The molecule has 0 aliphatic carbocycles. The topological polar surface area (TPSA) is 130 Å². The van der Waals surface area contributed by atoms with Crippen molar-refractivity contribution in [1.29, 1.82) is 0 Å². The van der Waals surface area contributed by atoms with Crippen LogP contribution in [0, 0.1) is 0 Å². The Bertz CT molecular complexity index is 187. The molecule has 0 bridgehead atoms. The van der Waals surface area contributed by atoms with Gasteiger partial charge in [0.1, 0.15) is 0 Å². The van der Waals surface area contributed by atoms with Crippen molar-refractivity contribution in [3.63, 3.8) is 0 Å². The molecule has 66 valence electrons. The Kier molecular flexibility index (Phi) is 8.50. The van der Waals surface area contributed by atoms with Crippen molar-refractivity contribution >= 4 is 62.7 Å². The molecule has 1 unspecified atom stereocenters. The average molecular weight is 321 g/mol. The maximum atomic E-state index is 9.92. The Morgan fingerprint density at radius 3 is 2.08 bits per heavy atom. The average Bonchev–Trinajstić information content (AvgIpc) is 1.80. The largest absolute Gasteiger partial charge is 2.00 e. The molecule has 12 heavy (non-hydrogen) atoms. The van der Waals surface area contributed by atoms with Crippen LogP contribution in [-0.4, -0.2) is 77.8 Å². The SMILES string of the molecule is O=C(O)C(CO)OP(=O)([O-])[O-].[Ba+2]. The van der Waals surface area contributed by atoms with Crippen LogP contribution in [0.4, 0.5) is 0 Å². The third-order valence-corrected chi connectivity index (χ3v) is 1.21. The van der Waals surface area contributed by atoms with Crippen LogP contribution in [0.1, 0.15) is 0 Å². The summed E-state index contributed by atoms with van der Waals surface area (Å²) in [4.78, 5) is 29.5. The first-order chi connectivity index (χ1) is 4.87. The second kappa shape index (κ2) is 6.55. The molecule has 0 saturated carbocycles. The zero-order valence-electron chi connectivity index (χ0n) is 5.87. The predicted molar refractivity (Wildman–Crippen MR) is 33.0 cm³/mol. The minimum Gasteiger partial charge on any atom is -0.790 e. The number of hydrogen-bond donors (Lipinski definition) is 2. The first kappa shape index (κ1) is 15.6. The van der Waals surface area contributed by atoms with Gasteiger partial charge in [0.05, 0.1) is 14.4 Å². The van der Waals surface area contributed by atoms with Crippen LogP contribution in [-0.2, 0) is 13.9 Å². The summed E-state index contributed by atoms with van der Waals surface area (Å²) in [6, 6.07) is 0. The molecule has 0 aliphatic rings. The summed E-state index contributed by atoms with van der Waals surface area (Å²) >= 11 is 0. The van der Waals surface area contributed by atoms with E-state index < -0.39 is 26.5 Å². The molecule has 0 aromatic carbocycles. The second-order valence-corrected chi connectivity index (χ2v) is 2.67. The summed E-state index contributed by atoms with van der Waals surface area (Å²) in [5.74, 6) is -1.71. The van der Waals surface area contributed by atoms with Gasteiger partial charge in [0.15, 0.2) is 6.10 Å². The maximum Gasteiger partial charge on any atom is 2.00 e. The molecule has 9 heteroatoms. The van der Waals surface area contributed by atoms with Crippen LogP contribution < -0.4 is 9.79 Å². The van der Waals surface area contributed by atoms with Crippen molar-refractivity contribution in [3.05, 3.63) is 0 Å². The van der Waals surface area contributed by atoms with Crippen LogP contribution >= 0.6 is 7.82 Å². The molecular formula is C3H5BaO7P. The Morgan fingerprint density at radius 1 is 1.58 bits per heavy atom. The van der Waals surface area contributed by atoms with E-state index in [9.17, 15) is 19.1 Å². The minimum absolute atomic E-state index is 0. The van der Waals surface area contributed by atoms with E-state index in [0.29, 0.717) is 0 Å². The number of carboxylic acid groups (broad SMARTS) is 1. The van der Waals surface area contributed by atoms with Gasteiger partial charge in [-0.05, 0) is 0 Å². The summed E-state index contributed by atoms with van der Waals surface area (Å²) in [6.45, 7) is -1.07. The number of aliphatic carboxylic acids is 1. The van der Waals surface area contributed by atoms with Gasteiger partial charge in [-0.15, -0.1) is 0 Å². The van der Waals surface area contributed by atoms with Crippen LogP contribution in [0.2, 0.25) is 0 Å². The van der Waals surface area contributed by atoms with E-state index in [-0.39, 0.29) is 48.9 Å². The van der Waals surface area contributed by atoms with Gasteiger partial charge in [-0.1, -0.05) is 0 Å². The van der Waals surface area contributed by atoms with Gasteiger partial charge >= 0.3 is 54.9 Å². The van der Waals surface area contributed by atoms with Crippen LogP contribution in [0.25, 0.3) is 0 Å². The van der Waals surface area contributed by atoms with Gasteiger partial charge in [-0.2, -0.15) is 0 Å². The first-order valence-electron chi connectivity index (χ1n) is 2.41. The molecule has 0 heterocycles. The van der Waals surface area contributed by atoms with Crippen molar-refractivity contribution in [3.8, 4) is 0 Å². The van der Waals surface area contributed by atoms with Crippen molar-refractivity contribution in [2.75, 3.05) is 6.61 Å². The monoisotopic (exact) mass is 322 g/mol. The third kappa shape index (κ3) is 7.74. The predicted octanol–water partition coefficient (Wildman–Crippen LogP) is -3.10. The van der Waals surface area contributed by atoms with Crippen molar-refractivity contribution in [1.82, 2.24) is 0 Å². The van der Waals surface area contributed by atoms with E-state index in [4.69, 9.17) is 10.2 Å². The van der Waals surface area contributed by atoms with Crippen molar-refractivity contribution in [2.24, 2.45) is 0 Å². The van der Waals surface area contributed by atoms with Crippen LogP contribution in [0.3, 0.4) is 0 Å². The molecule has 7 nitrogen and oxygen atoms in total. The van der Waals surface area contributed by atoms with Crippen molar-refractivity contribution < 1.29 is 33.9 Å². The van der Waals surface area contributed by atoms with E-state index in [0.717, 1.165) is 0 Å². The van der Waals surface area contributed by atoms with Crippen LogP contribution in [0.15, 0.2) is 0 Å². The molecular weight excluding hydrogens is 316 g/mol. The molecule has 1 atom stereocenters. The standard InChI is InChI=1S/C3H7O7P.Ba/c4-1-2(3(5)6)10-11(7,8)9;/h2,4H,1H2,(H,5,6)(H2,7,8,9);/q;+2/p-2. The normalized spacial score (nSPS) is 13.2. The number of rotatable bonds is 4. The number of phosphoric acid groups is 1. The second-order valence-electron chi connectivity index (χ2n) is 1.56. The molecule has 0 amide bonds. The molecule has 0 aromatic rings. The number of aliphatic hydroxyl groups is 1. The van der Waals surface area contributed by atoms with E-state index in [1.54, 1.807) is 0 Å². The van der Waals surface area contributed by atoms with Gasteiger partial charge < -0.3 is 29.1 Å². The van der Waals surface area contributed by atoms with E-state index in [1.807, 2.05) is 0 Å². The molecule has 0 spiro atoms. The number of phosphoric ester groups is 1. The summed E-state index contributed by atoms with van der Waals surface area (Å²) in [7, 11) is -5.33. The molecule has 0 fully saturated rings. The summed E-state index contributed by atoms with van der Waals surface area (Å²) < 4.78 is 13.2. The van der Waals surface area contributed by atoms with E-state index in [1.165, 1.54) is 0 Å².